The first-order valence-electron chi connectivity index (χ1n) is 5.58. The van der Waals surface area contributed by atoms with Crippen molar-refractivity contribution in [2.75, 3.05) is 6.61 Å². The third kappa shape index (κ3) is 2.88. The van der Waals surface area contributed by atoms with Gasteiger partial charge in [-0.2, -0.15) is 0 Å². The molecule has 0 bridgehead atoms. The highest BCUT2D eigenvalue weighted by Crippen LogP contribution is 2.21. The second kappa shape index (κ2) is 5.35. The molecule has 5 nitrogen and oxygen atoms in total. The molecule has 18 heavy (non-hydrogen) atoms. The molecular formula is C13H13NO4. The average Bonchev–Trinajstić information content (AvgIpc) is 2.78. The van der Waals surface area contributed by atoms with Crippen LogP contribution in [0.25, 0.3) is 11.3 Å². The highest BCUT2D eigenvalue weighted by molar-refractivity contribution is 5.71. The summed E-state index contributed by atoms with van der Waals surface area (Å²) < 4.78 is 10.00. The number of oxazole rings is 1. The van der Waals surface area contributed by atoms with Crippen LogP contribution >= 0.6 is 0 Å². The Labute approximate surface area is 104 Å². The number of phenolic OH excluding ortho intramolecular Hbond substituents is 1. The molecule has 2 rings (SSSR count). The predicted molar refractivity (Wildman–Crippen MR) is 63.9 cm³/mol. The van der Waals surface area contributed by atoms with Gasteiger partial charge in [-0.1, -0.05) is 0 Å². The smallest absolute Gasteiger partial charge is 0.315 e. The van der Waals surface area contributed by atoms with Gasteiger partial charge in [0.05, 0.1) is 6.61 Å². The zero-order valence-corrected chi connectivity index (χ0v) is 9.92. The Balaban J connectivity index is 2.10. The van der Waals surface area contributed by atoms with Gasteiger partial charge < -0.3 is 14.3 Å². The summed E-state index contributed by atoms with van der Waals surface area (Å²) in [7, 11) is 0. The van der Waals surface area contributed by atoms with Crippen molar-refractivity contribution in [1.29, 1.82) is 0 Å². The minimum Gasteiger partial charge on any atom is -0.508 e. The van der Waals surface area contributed by atoms with Gasteiger partial charge in [0.2, 0.25) is 5.89 Å². The lowest BCUT2D eigenvalue weighted by Crippen LogP contribution is -2.07. The Bertz CT molecular complexity index is 530. The van der Waals surface area contributed by atoms with E-state index in [1.165, 1.54) is 6.26 Å². The van der Waals surface area contributed by atoms with Gasteiger partial charge in [0.25, 0.3) is 0 Å². The molecule has 94 valence electrons. The third-order valence-electron chi connectivity index (χ3n) is 2.32. The highest BCUT2D eigenvalue weighted by Gasteiger charge is 2.11. The van der Waals surface area contributed by atoms with Gasteiger partial charge in [0.15, 0.2) is 0 Å². The summed E-state index contributed by atoms with van der Waals surface area (Å²) in [5.41, 5.74) is 1.43. The van der Waals surface area contributed by atoms with E-state index in [4.69, 9.17) is 9.15 Å². The van der Waals surface area contributed by atoms with Gasteiger partial charge in [-0.05, 0) is 31.2 Å². The molecule has 5 heteroatoms. The number of rotatable bonds is 4. The largest absolute Gasteiger partial charge is 0.508 e. The lowest BCUT2D eigenvalue weighted by Gasteiger charge is -1.97. The molecule has 1 aromatic heterocycles. The fraction of sp³-hybridized carbons (Fsp3) is 0.231. The van der Waals surface area contributed by atoms with Gasteiger partial charge in [0.1, 0.15) is 24.1 Å². The van der Waals surface area contributed by atoms with Crippen LogP contribution in [0, 0.1) is 0 Å². The maximum Gasteiger partial charge on any atom is 0.315 e. The first-order valence-corrected chi connectivity index (χ1v) is 5.58. The number of esters is 1. The van der Waals surface area contributed by atoms with E-state index in [0.29, 0.717) is 18.2 Å². The van der Waals surface area contributed by atoms with E-state index in [2.05, 4.69) is 4.98 Å². The van der Waals surface area contributed by atoms with Crippen molar-refractivity contribution in [3.05, 3.63) is 36.4 Å². The molecule has 0 radical (unpaired) electrons. The van der Waals surface area contributed by atoms with Crippen molar-refractivity contribution in [2.24, 2.45) is 0 Å². The van der Waals surface area contributed by atoms with Crippen molar-refractivity contribution < 1.29 is 19.1 Å². The topological polar surface area (TPSA) is 72.6 Å². The maximum absolute atomic E-state index is 11.2. The van der Waals surface area contributed by atoms with E-state index in [9.17, 15) is 9.90 Å². The van der Waals surface area contributed by atoms with Gasteiger partial charge >= 0.3 is 5.97 Å². The molecule has 0 atom stereocenters. The molecule has 1 heterocycles. The zero-order chi connectivity index (χ0) is 13.0. The lowest BCUT2D eigenvalue weighted by molar-refractivity contribution is -0.142. The minimum atomic E-state index is -0.364. The van der Waals surface area contributed by atoms with Crippen LogP contribution < -0.4 is 0 Å². The van der Waals surface area contributed by atoms with Crippen molar-refractivity contribution >= 4 is 5.97 Å². The van der Waals surface area contributed by atoms with E-state index in [1.54, 1.807) is 31.2 Å². The van der Waals surface area contributed by atoms with Crippen LogP contribution in [-0.4, -0.2) is 22.7 Å². The number of aromatic hydroxyl groups is 1. The second-order valence-electron chi connectivity index (χ2n) is 3.66. The fourth-order valence-electron chi connectivity index (χ4n) is 1.49. The molecular weight excluding hydrogens is 234 g/mol. The number of carbonyl (C=O) groups is 1. The van der Waals surface area contributed by atoms with E-state index in [-0.39, 0.29) is 18.1 Å². The third-order valence-corrected chi connectivity index (χ3v) is 2.32. The van der Waals surface area contributed by atoms with Crippen LogP contribution in [0.15, 0.2) is 34.9 Å². The van der Waals surface area contributed by atoms with E-state index < -0.39 is 0 Å². The number of phenols is 1. The van der Waals surface area contributed by atoms with Crippen LogP contribution in [0.2, 0.25) is 0 Å². The first kappa shape index (κ1) is 12.2. The lowest BCUT2D eigenvalue weighted by atomic mass is 10.2. The highest BCUT2D eigenvalue weighted by atomic mass is 16.5. The van der Waals surface area contributed by atoms with Crippen LogP contribution in [0.3, 0.4) is 0 Å². The maximum atomic E-state index is 11.2. The van der Waals surface area contributed by atoms with Crippen molar-refractivity contribution in [1.82, 2.24) is 4.98 Å². The number of aromatic nitrogens is 1. The fourth-order valence-corrected chi connectivity index (χ4v) is 1.49. The molecule has 0 saturated heterocycles. The summed E-state index contributed by atoms with van der Waals surface area (Å²) in [6, 6.07) is 6.58. The molecule has 1 aromatic carbocycles. The zero-order valence-electron chi connectivity index (χ0n) is 9.92. The molecule has 0 amide bonds. The second-order valence-corrected chi connectivity index (χ2v) is 3.66. The molecule has 0 aliphatic rings. The first-order chi connectivity index (χ1) is 8.69. The van der Waals surface area contributed by atoms with Crippen LogP contribution in [0.5, 0.6) is 5.75 Å². The van der Waals surface area contributed by atoms with Crippen molar-refractivity contribution in [2.45, 2.75) is 13.3 Å². The van der Waals surface area contributed by atoms with Gasteiger partial charge in [0, 0.05) is 5.56 Å². The monoisotopic (exact) mass is 247 g/mol. The predicted octanol–water partition coefficient (Wildman–Crippen LogP) is 2.15. The Kier molecular flexibility index (Phi) is 3.62. The Morgan fingerprint density at radius 3 is 2.78 bits per heavy atom. The molecule has 0 aliphatic carbocycles. The number of hydrogen-bond acceptors (Lipinski definition) is 5. The summed E-state index contributed by atoms with van der Waals surface area (Å²) >= 11 is 0. The quantitative estimate of drug-likeness (QED) is 0.838. The number of nitrogens with zero attached hydrogens (tertiary/aromatic N) is 1. The summed E-state index contributed by atoms with van der Waals surface area (Å²) in [6.45, 7) is 2.08. The standard InChI is InChI=1S/C13H13NO4/c1-2-17-13(16)7-12-14-11(8-18-12)9-3-5-10(15)6-4-9/h3-6,8,15H,2,7H2,1H3. The molecule has 0 spiro atoms. The molecule has 0 saturated carbocycles. The minimum absolute atomic E-state index is 0.0198. The number of carbonyl (C=O) groups excluding carboxylic acids is 1. The summed E-state index contributed by atoms with van der Waals surface area (Å²) in [6.07, 6.45) is 1.49. The van der Waals surface area contributed by atoms with Crippen molar-refractivity contribution in [3.63, 3.8) is 0 Å². The van der Waals surface area contributed by atoms with Crippen LogP contribution in [0.4, 0.5) is 0 Å². The molecule has 0 unspecified atom stereocenters. The van der Waals surface area contributed by atoms with Crippen LogP contribution in [-0.2, 0) is 16.0 Å². The molecule has 1 N–H and O–H groups in total. The Morgan fingerprint density at radius 1 is 1.39 bits per heavy atom. The van der Waals surface area contributed by atoms with Gasteiger partial charge in [-0.25, -0.2) is 4.98 Å². The number of benzene rings is 1. The number of ether oxygens (including phenoxy) is 1. The summed E-state index contributed by atoms with van der Waals surface area (Å²) in [5, 5.41) is 9.18. The molecule has 0 aliphatic heterocycles. The average molecular weight is 247 g/mol. The molecule has 2 aromatic rings. The van der Waals surface area contributed by atoms with Gasteiger partial charge in [-0.3, -0.25) is 4.79 Å². The van der Waals surface area contributed by atoms with Gasteiger partial charge in [-0.15, -0.1) is 0 Å². The van der Waals surface area contributed by atoms with E-state index in [1.807, 2.05) is 0 Å². The SMILES string of the molecule is CCOC(=O)Cc1nc(-c2ccc(O)cc2)co1. The van der Waals surface area contributed by atoms with E-state index >= 15 is 0 Å². The summed E-state index contributed by atoms with van der Waals surface area (Å²) in [5.74, 6) is 0.141. The van der Waals surface area contributed by atoms with E-state index in [0.717, 1.165) is 5.56 Å². The molecule has 0 fully saturated rings. The normalized spacial score (nSPS) is 10.3. The number of hydrogen-bond donors (Lipinski definition) is 1. The van der Waals surface area contributed by atoms with Crippen LogP contribution in [0.1, 0.15) is 12.8 Å². The Hall–Kier alpha value is -2.30. The van der Waals surface area contributed by atoms with Crippen molar-refractivity contribution in [3.8, 4) is 17.0 Å². The summed E-state index contributed by atoms with van der Waals surface area (Å²) in [4.78, 5) is 15.4. The Morgan fingerprint density at radius 2 is 2.11 bits per heavy atom.